The van der Waals surface area contributed by atoms with Gasteiger partial charge >= 0.3 is 5.97 Å². The van der Waals surface area contributed by atoms with Crippen molar-refractivity contribution >= 4 is 23.4 Å². The van der Waals surface area contributed by atoms with E-state index in [1.165, 1.54) is 37.2 Å². The second-order valence-corrected chi connectivity index (χ2v) is 11.1. The van der Waals surface area contributed by atoms with E-state index in [4.69, 9.17) is 9.47 Å². The van der Waals surface area contributed by atoms with Gasteiger partial charge in [0.1, 0.15) is 10.8 Å². The molecule has 2 heterocycles. The molecular weight excluding hydrogens is 484 g/mol. The number of carbonyl (C=O) groups excluding carboxylic acids is 1. The summed E-state index contributed by atoms with van der Waals surface area (Å²) in [6.45, 7) is 5.03. The van der Waals surface area contributed by atoms with Gasteiger partial charge in [-0.15, -0.1) is 16.9 Å². The fraction of sp³-hybridized carbons (Fsp3) is 0.483. The third-order valence-corrected chi connectivity index (χ3v) is 8.87. The van der Waals surface area contributed by atoms with Crippen LogP contribution in [0.5, 0.6) is 5.75 Å². The van der Waals surface area contributed by atoms with Gasteiger partial charge in [0.15, 0.2) is 0 Å². The molecule has 7 nitrogen and oxygen atoms in total. The number of thioether (sulfide) groups is 1. The number of nitrogens with zero attached hydrogens (tertiary/aromatic N) is 4. The highest BCUT2D eigenvalue weighted by Gasteiger charge is 2.28. The molecule has 5 rings (SSSR count). The first kappa shape index (κ1) is 25.6. The fourth-order valence-corrected chi connectivity index (χ4v) is 6.64. The van der Waals surface area contributed by atoms with Crippen molar-refractivity contribution in [3.05, 3.63) is 65.4 Å². The van der Waals surface area contributed by atoms with E-state index in [1.54, 1.807) is 18.9 Å². The molecule has 0 radical (unpaired) electrons. The van der Waals surface area contributed by atoms with Gasteiger partial charge in [-0.2, -0.15) is 0 Å². The molecule has 0 bridgehead atoms. The highest BCUT2D eigenvalue weighted by Crippen LogP contribution is 2.41. The van der Waals surface area contributed by atoms with Crippen LogP contribution >= 0.6 is 11.8 Å². The minimum Gasteiger partial charge on any atom is -0.497 e. The van der Waals surface area contributed by atoms with Gasteiger partial charge in [-0.05, 0) is 86.8 Å². The predicted molar refractivity (Wildman–Crippen MR) is 147 cm³/mol. The Balaban J connectivity index is 1.25. The largest absolute Gasteiger partial charge is 0.497 e. The molecule has 0 unspecified atom stereocenters. The molecule has 1 saturated carbocycles. The Morgan fingerprint density at radius 1 is 1.00 bits per heavy atom. The molecule has 1 aromatic heterocycles. The second kappa shape index (κ2) is 12.0. The zero-order chi connectivity index (χ0) is 25.6. The summed E-state index contributed by atoms with van der Waals surface area (Å²) in [5.74, 6) is 1.00. The Hall–Kier alpha value is -3.00. The van der Waals surface area contributed by atoms with Crippen molar-refractivity contribution in [2.75, 3.05) is 31.7 Å². The lowest BCUT2D eigenvalue weighted by Gasteiger charge is -2.29. The second-order valence-electron chi connectivity index (χ2n) is 9.85. The average molecular weight is 521 g/mol. The molecule has 0 atom stereocenters. The van der Waals surface area contributed by atoms with Gasteiger partial charge in [-0.3, -0.25) is 0 Å². The lowest BCUT2D eigenvalue weighted by atomic mass is 9.84. The number of aromatic nitrogens is 3. The molecule has 0 N–H and O–H groups in total. The SMILES string of the molecule is CCOC(=O)c1nnn(Cc2ccc(OC)cc2)c1S[C@H]1CC[C@@H](c2ccc(N3CCCC3)cc2)CC1. The van der Waals surface area contributed by atoms with Crippen LogP contribution in [0, 0.1) is 0 Å². The zero-order valence-corrected chi connectivity index (χ0v) is 22.6. The first-order valence-electron chi connectivity index (χ1n) is 13.4. The molecule has 1 saturated heterocycles. The minimum absolute atomic E-state index is 0.315. The molecule has 3 aromatic rings. The standard InChI is InChI=1S/C29H36N4O3S/c1-3-36-29(34)27-28(33(31-30-27)20-21-6-14-25(35-2)15-7-21)37-26-16-10-23(11-17-26)22-8-12-24(13-9-22)32-18-4-5-19-32/h6-9,12-15,23,26H,3-5,10-11,16-20H2,1-2H3/t23-,26+. The van der Waals surface area contributed by atoms with E-state index < -0.39 is 5.97 Å². The van der Waals surface area contributed by atoms with Gasteiger partial charge < -0.3 is 14.4 Å². The van der Waals surface area contributed by atoms with Crippen molar-refractivity contribution in [1.82, 2.24) is 15.0 Å². The molecule has 1 aliphatic carbocycles. The Morgan fingerprint density at radius 3 is 2.35 bits per heavy atom. The van der Waals surface area contributed by atoms with Crippen molar-refractivity contribution in [3.63, 3.8) is 0 Å². The molecule has 37 heavy (non-hydrogen) atoms. The molecule has 0 amide bonds. The predicted octanol–water partition coefficient (Wildman–Crippen LogP) is 5.93. The average Bonchev–Trinajstić information content (AvgIpc) is 3.61. The van der Waals surface area contributed by atoms with Crippen LogP contribution in [0.4, 0.5) is 5.69 Å². The van der Waals surface area contributed by atoms with Gasteiger partial charge in [-0.1, -0.05) is 29.5 Å². The van der Waals surface area contributed by atoms with Crippen molar-refractivity contribution in [1.29, 1.82) is 0 Å². The molecule has 1 aliphatic heterocycles. The highest BCUT2D eigenvalue weighted by atomic mass is 32.2. The molecule has 0 spiro atoms. The van der Waals surface area contributed by atoms with E-state index in [1.807, 2.05) is 35.9 Å². The summed E-state index contributed by atoms with van der Waals surface area (Å²) >= 11 is 1.73. The van der Waals surface area contributed by atoms with E-state index in [0.717, 1.165) is 42.0 Å². The number of rotatable bonds is 9. The fourth-order valence-electron chi connectivity index (χ4n) is 5.36. The van der Waals surface area contributed by atoms with E-state index in [9.17, 15) is 4.79 Å². The van der Waals surface area contributed by atoms with Crippen LogP contribution in [0.1, 0.15) is 73.0 Å². The number of esters is 1. The topological polar surface area (TPSA) is 69.5 Å². The maximum atomic E-state index is 12.6. The number of ether oxygens (including phenoxy) is 2. The maximum absolute atomic E-state index is 12.6. The lowest BCUT2D eigenvalue weighted by molar-refractivity contribution is 0.0515. The van der Waals surface area contributed by atoms with Crippen LogP contribution in [-0.2, 0) is 11.3 Å². The monoisotopic (exact) mass is 520 g/mol. The van der Waals surface area contributed by atoms with Crippen LogP contribution in [0.25, 0.3) is 0 Å². The summed E-state index contributed by atoms with van der Waals surface area (Å²) in [5, 5.41) is 9.78. The first-order chi connectivity index (χ1) is 18.1. The quantitative estimate of drug-likeness (QED) is 0.324. The normalized spacial score (nSPS) is 19.7. The van der Waals surface area contributed by atoms with Crippen LogP contribution in [-0.4, -0.2) is 53.0 Å². The molecule has 2 fully saturated rings. The van der Waals surface area contributed by atoms with E-state index >= 15 is 0 Å². The third-order valence-electron chi connectivity index (χ3n) is 7.44. The summed E-state index contributed by atoms with van der Waals surface area (Å²) in [4.78, 5) is 15.1. The minimum atomic E-state index is -0.405. The molecule has 8 heteroatoms. The Bertz CT molecular complexity index is 1160. The number of carbonyl (C=O) groups is 1. The smallest absolute Gasteiger partial charge is 0.361 e. The number of anilines is 1. The van der Waals surface area contributed by atoms with Gasteiger partial charge in [0, 0.05) is 24.0 Å². The summed E-state index contributed by atoms with van der Waals surface area (Å²) in [5.41, 5.74) is 4.20. The van der Waals surface area contributed by atoms with Gasteiger partial charge in [0.05, 0.1) is 20.3 Å². The highest BCUT2D eigenvalue weighted by molar-refractivity contribution is 7.99. The third kappa shape index (κ3) is 6.12. The van der Waals surface area contributed by atoms with E-state index in [-0.39, 0.29) is 0 Å². The molecule has 2 aliphatic rings. The van der Waals surface area contributed by atoms with Crippen molar-refractivity contribution in [2.24, 2.45) is 0 Å². The van der Waals surface area contributed by atoms with Gasteiger partial charge in [-0.25, -0.2) is 9.48 Å². The summed E-state index contributed by atoms with van der Waals surface area (Å²) in [7, 11) is 1.66. The molecular formula is C29H36N4O3S. The number of hydrogen-bond acceptors (Lipinski definition) is 7. The summed E-state index contributed by atoms with van der Waals surface area (Å²) < 4.78 is 12.4. The Kier molecular flexibility index (Phi) is 8.34. The van der Waals surface area contributed by atoms with Crippen molar-refractivity contribution in [3.8, 4) is 5.75 Å². The number of methoxy groups -OCH3 is 1. The lowest BCUT2D eigenvalue weighted by Crippen LogP contribution is -2.18. The Labute approximate surface area is 223 Å². The molecule has 196 valence electrons. The van der Waals surface area contributed by atoms with E-state index in [0.29, 0.717) is 30.0 Å². The van der Waals surface area contributed by atoms with Gasteiger partial charge in [0.2, 0.25) is 5.69 Å². The van der Waals surface area contributed by atoms with Crippen molar-refractivity contribution in [2.45, 2.75) is 68.2 Å². The number of hydrogen-bond donors (Lipinski definition) is 0. The maximum Gasteiger partial charge on any atom is 0.361 e. The van der Waals surface area contributed by atoms with Crippen LogP contribution < -0.4 is 9.64 Å². The summed E-state index contributed by atoms with van der Waals surface area (Å²) in [6, 6.07) is 17.2. The van der Waals surface area contributed by atoms with Crippen LogP contribution in [0.3, 0.4) is 0 Å². The number of benzene rings is 2. The Morgan fingerprint density at radius 2 is 1.70 bits per heavy atom. The van der Waals surface area contributed by atoms with Crippen LogP contribution in [0.2, 0.25) is 0 Å². The van der Waals surface area contributed by atoms with Crippen LogP contribution in [0.15, 0.2) is 53.6 Å². The first-order valence-corrected chi connectivity index (χ1v) is 14.3. The zero-order valence-electron chi connectivity index (χ0n) is 21.8. The van der Waals surface area contributed by atoms with E-state index in [2.05, 4.69) is 39.5 Å². The summed E-state index contributed by atoms with van der Waals surface area (Å²) in [6.07, 6.45) is 7.09. The van der Waals surface area contributed by atoms with Gasteiger partial charge in [0.25, 0.3) is 0 Å². The van der Waals surface area contributed by atoms with Crippen molar-refractivity contribution < 1.29 is 14.3 Å². The molecule has 2 aromatic carbocycles.